The normalized spacial score (nSPS) is 18.8. The lowest BCUT2D eigenvalue weighted by Crippen LogP contribution is -2.53. The largest absolute Gasteiger partial charge is 0.326 e. The Balaban J connectivity index is 2.10. The van der Waals surface area contributed by atoms with E-state index in [4.69, 9.17) is 0 Å². The third-order valence-corrected chi connectivity index (χ3v) is 4.18. The van der Waals surface area contributed by atoms with Gasteiger partial charge in [-0.3, -0.25) is 4.48 Å². The van der Waals surface area contributed by atoms with E-state index in [9.17, 15) is 0 Å². The van der Waals surface area contributed by atoms with Crippen LogP contribution in [0.5, 0.6) is 0 Å². The second-order valence-electron chi connectivity index (χ2n) is 5.04. The number of hydrogen-bond acceptors (Lipinski definition) is 1. The standard InChI is InChI=1S/C15H15N2/c1-17-11-10-16(12-6-2-4-8-14(12)17)13-7-3-5-9-15(13)17/h2-9H,10-11H2,1H3/q+1. The molecule has 0 saturated heterocycles. The molecule has 0 saturated carbocycles. The van der Waals surface area contributed by atoms with Crippen LogP contribution in [0, 0.1) is 0 Å². The van der Waals surface area contributed by atoms with Gasteiger partial charge in [-0.05, 0) is 12.1 Å². The van der Waals surface area contributed by atoms with Gasteiger partial charge in [-0.25, -0.2) is 0 Å². The number of likely N-dealkylation sites (N-methyl/N-ethyl adjacent to an activating group) is 1. The van der Waals surface area contributed by atoms with E-state index in [0.29, 0.717) is 0 Å². The van der Waals surface area contributed by atoms with Crippen LogP contribution >= 0.6 is 0 Å². The molecule has 0 unspecified atom stereocenters. The molecule has 2 heteroatoms. The van der Waals surface area contributed by atoms with Crippen LogP contribution in [-0.4, -0.2) is 20.1 Å². The minimum atomic E-state index is 0.947. The van der Waals surface area contributed by atoms with E-state index in [1.54, 1.807) is 0 Å². The maximum atomic E-state index is 2.45. The Kier molecular flexibility index (Phi) is 1.58. The Labute approximate surface area is 101 Å². The Morgan fingerprint density at radius 1 is 0.882 bits per heavy atom. The van der Waals surface area contributed by atoms with E-state index < -0.39 is 0 Å². The predicted octanol–water partition coefficient (Wildman–Crippen LogP) is 3.42. The third kappa shape index (κ3) is 0.990. The molecular formula is C15H15N2+. The summed E-state index contributed by atoms with van der Waals surface area (Å²) in [6, 6.07) is 17.6. The SMILES string of the molecule is C[N+]12CCN(c3ccccc31)c1ccccc12. The lowest BCUT2D eigenvalue weighted by Gasteiger charge is -2.49. The van der Waals surface area contributed by atoms with Crippen molar-refractivity contribution in [2.24, 2.45) is 0 Å². The summed E-state index contributed by atoms with van der Waals surface area (Å²) in [4.78, 5) is 2.45. The fourth-order valence-corrected chi connectivity index (χ4v) is 3.26. The van der Waals surface area contributed by atoms with Gasteiger partial charge in [-0.2, -0.15) is 0 Å². The Morgan fingerprint density at radius 2 is 1.41 bits per heavy atom. The molecule has 0 aromatic heterocycles. The van der Waals surface area contributed by atoms with Crippen LogP contribution in [0.3, 0.4) is 0 Å². The van der Waals surface area contributed by atoms with Crippen LogP contribution in [0.2, 0.25) is 0 Å². The first-order chi connectivity index (χ1) is 8.31. The molecule has 2 aromatic rings. The molecule has 17 heavy (non-hydrogen) atoms. The highest BCUT2D eigenvalue weighted by Crippen LogP contribution is 2.54. The van der Waals surface area contributed by atoms with Gasteiger partial charge in [-0.15, -0.1) is 0 Å². The van der Waals surface area contributed by atoms with E-state index in [1.807, 2.05) is 0 Å². The minimum absolute atomic E-state index is 0.947. The molecular weight excluding hydrogens is 208 g/mol. The second kappa shape index (κ2) is 2.90. The van der Waals surface area contributed by atoms with Gasteiger partial charge in [-0.1, -0.05) is 24.3 Å². The van der Waals surface area contributed by atoms with Crippen molar-refractivity contribution >= 4 is 22.7 Å². The van der Waals surface area contributed by atoms with Crippen molar-refractivity contribution in [3.8, 4) is 0 Å². The van der Waals surface area contributed by atoms with Crippen molar-refractivity contribution in [1.29, 1.82) is 0 Å². The number of rotatable bonds is 0. The highest BCUT2D eigenvalue weighted by molar-refractivity contribution is 5.92. The number of anilines is 2. The average molecular weight is 223 g/mol. The molecule has 3 heterocycles. The molecule has 2 bridgehead atoms. The number of quaternary nitrogens is 1. The Morgan fingerprint density at radius 3 is 2.00 bits per heavy atom. The Hall–Kier alpha value is -1.80. The summed E-state index contributed by atoms with van der Waals surface area (Å²) in [7, 11) is 2.33. The van der Waals surface area contributed by atoms with Gasteiger partial charge in [0, 0.05) is 12.1 Å². The van der Waals surface area contributed by atoms with E-state index in [2.05, 4.69) is 60.5 Å². The molecule has 5 rings (SSSR count). The van der Waals surface area contributed by atoms with Gasteiger partial charge in [0.2, 0.25) is 0 Å². The zero-order valence-corrected chi connectivity index (χ0v) is 9.93. The van der Waals surface area contributed by atoms with Crippen LogP contribution in [0.1, 0.15) is 0 Å². The number of hydrogen-bond donors (Lipinski definition) is 0. The number of benzene rings is 2. The van der Waals surface area contributed by atoms with E-state index in [-0.39, 0.29) is 0 Å². The quantitative estimate of drug-likeness (QED) is 0.618. The molecule has 3 aliphatic heterocycles. The number of para-hydroxylation sites is 4. The van der Waals surface area contributed by atoms with E-state index in [1.165, 1.54) is 22.7 Å². The monoisotopic (exact) mass is 223 g/mol. The molecule has 2 nitrogen and oxygen atoms in total. The van der Waals surface area contributed by atoms with Crippen LogP contribution in [-0.2, 0) is 0 Å². The van der Waals surface area contributed by atoms with E-state index >= 15 is 0 Å². The van der Waals surface area contributed by atoms with Crippen molar-refractivity contribution in [1.82, 2.24) is 4.48 Å². The first-order valence-corrected chi connectivity index (χ1v) is 6.13. The minimum Gasteiger partial charge on any atom is -0.326 e. The van der Waals surface area contributed by atoms with Crippen molar-refractivity contribution < 1.29 is 0 Å². The second-order valence-corrected chi connectivity index (χ2v) is 5.04. The fourth-order valence-electron chi connectivity index (χ4n) is 3.26. The van der Waals surface area contributed by atoms with Gasteiger partial charge in [0.05, 0.1) is 13.6 Å². The zero-order valence-electron chi connectivity index (χ0n) is 9.93. The van der Waals surface area contributed by atoms with Gasteiger partial charge in [0.1, 0.15) is 17.9 Å². The third-order valence-electron chi connectivity index (χ3n) is 4.18. The molecule has 0 N–H and O–H groups in total. The van der Waals surface area contributed by atoms with Crippen molar-refractivity contribution in [3.63, 3.8) is 0 Å². The smallest absolute Gasteiger partial charge is 0.161 e. The predicted molar refractivity (Wildman–Crippen MR) is 72.1 cm³/mol. The summed E-state index contributed by atoms with van der Waals surface area (Å²) in [5.41, 5.74) is 5.61. The highest BCUT2D eigenvalue weighted by Gasteiger charge is 2.44. The van der Waals surface area contributed by atoms with Crippen LogP contribution < -0.4 is 9.38 Å². The first kappa shape index (κ1) is 9.25. The summed E-state index contributed by atoms with van der Waals surface area (Å²) in [6.45, 7) is 2.28. The van der Waals surface area contributed by atoms with Gasteiger partial charge in [0.15, 0.2) is 11.4 Å². The molecule has 0 atom stereocenters. The molecule has 0 radical (unpaired) electrons. The highest BCUT2D eigenvalue weighted by atomic mass is 15.4. The lowest BCUT2D eigenvalue weighted by atomic mass is 10.0. The maximum Gasteiger partial charge on any atom is 0.161 e. The van der Waals surface area contributed by atoms with Gasteiger partial charge < -0.3 is 4.90 Å². The summed E-state index contributed by atoms with van der Waals surface area (Å²) in [6.07, 6.45) is 0. The average Bonchev–Trinajstić information content (AvgIpc) is 2.40. The number of nitrogens with zero attached hydrogens (tertiary/aromatic N) is 2. The summed E-state index contributed by atoms with van der Waals surface area (Å²) >= 11 is 0. The first-order valence-electron chi connectivity index (χ1n) is 6.13. The molecule has 0 fully saturated rings. The van der Waals surface area contributed by atoms with Crippen LogP contribution in [0.15, 0.2) is 48.5 Å². The number of fused-ring (bicyclic) bond motifs is 1. The van der Waals surface area contributed by atoms with Gasteiger partial charge in [0.25, 0.3) is 0 Å². The Bertz CT molecular complexity index is 556. The van der Waals surface area contributed by atoms with Gasteiger partial charge >= 0.3 is 0 Å². The summed E-state index contributed by atoms with van der Waals surface area (Å²) in [5, 5.41) is 0. The molecule has 2 aromatic carbocycles. The topological polar surface area (TPSA) is 3.24 Å². The van der Waals surface area contributed by atoms with E-state index in [0.717, 1.165) is 17.6 Å². The van der Waals surface area contributed by atoms with Crippen molar-refractivity contribution in [2.75, 3.05) is 25.0 Å². The zero-order chi connectivity index (χ0) is 11.5. The summed E-state index contributed by atoms with van der Waals surface area (Å²) < 4.78 is 0.947. The van der Waals surface area contributed by atoms with Crippen LogP contribution in [0.25, 0.3) is 0 Å². The fraction of sp³-hybridized carbons (Fsp3) is 0.200. The van der Waals surface area contributed by atoms with Crippen LogP contribution in [0.4, 0.5) is 22.7 Å². The lowest BCUT2D eigenvalue weighted by molar-refractivity contribution is 0.432. The summed E-state index contributed by atoms with van der Waals surface area (Å²) in [5.74, 6) is 0. The molecule has 0 aliphatic carbocycles. The van der Waals surface area contributed by atoms with Crippen molar-refractivity contribution in [3.05, 3.63) is 48.5 Å². The molecule has 0 amide bonds. The molecule has 3 aliphatic rings. The molecule has 0 spiro atoms. The molecule has 84 valence electrons. The maximum absolute atomic E-state index is 2.45. The van der Waals surface area contributed by atoms with Crippen molar-refractivity contribution in [2.45, 2.75) is 0 Å².